The predicted octanol–water partition coefficient (Wildman–Crippen LogP) is 3.68. The quantitative estimate of drug-likeness (QED) is 0.913. The van der Waals surface area contributed by atoms with Gasteiger partial charge >= 0.3 is 0 Å². The van der Waals surface area contributed by atoms with Gasteiger partial charge in [-0.15, -0.1) is 0 Å². The van der Waals surface area contributed by atoms with E-state index in [4.69, 9.17) is 5.73 Å². The van der Waals surface area contributed by atoms with Crippen LogP contribution >= 0.6 is 15.9 Å². The molecular formula is C15H22BrFN2. The molecule has 0 aliphatic heterocycles. The Morgan fingerprint density at radius 3 is 2.63 bits per heavy atom. The van der Waals surface area contributed by atoms with Gasteiger partial charge in [-0.1, -0.05) is 19.1 Å². The molecule has 0 aromatic heterocycles. The molecule has 0 saturated heterocycles. The Bertz CT molecular complexity index is 417. The summed E-state index contributed by atoms with van der Waals surface area (Å²) in [7, 11) is 0. The average Bonchev–Trinajstić information content (AvgIpc) is 2.42. The van der Waals surface area contributed by atoms with Gasteiger partial charge in [0.2, 0.25) is 0 Å². The molecule has 2 rings (SSSR count). The van der Waals surface area contributed by atoms with Gasteiger partial charge < -0.3 is 5.73 Å². The van der Waals surface area contributed by atoms with E-state index in [0.717, 1.165) is 44.3 Å². The van der Waals surface area contributed by atoms with Crippen LogP contribution < -0.4 is 5.73 Å². The van der Waals surface area contributed by atoms with Gasteiger partial charge in [-0.2, -0.15) is 0 Å². The van der Waals surface area contributed by atoms with E-state index in [-0.39, 0.29) is 5.82 Å². The number of halogens is 2. The van der Waals surface area contributed by atoms with Crippen molar-refractivity contribution in [3.63, 3.8) is 0 Å². The first-order valence-electron chi connectivity index (χ1n) is 7.04. The van der Waals surface area contributed by atoms with Crippen molar-refractivity contribution in [2.45, 2.75) is 51.2 Å². The van der Waals surface area contributed by atoms with Crippen LogP contribution in [-0.2, 0) is 6.54 Å². The van der Waals surface area contributed by atoms with Crippen LogP contribution in [0.2, 0.25) is 0 Å². The third-order valence-electron chi connectivity index (χ3n) is 4.07. The second-order valence-corrected chi connectivity index (χ2v) is 6.14. The van der Waals surface area contributed by atoms with Crippen LogP contribution in [0.15, 0.2) is 22.7 Å². The van der Waals surface area contributed by atoms with Crippen LogP contribution in [0.3, 0.4) is 0 Å². The zero-order valence-corrected chi connectivity index (χ0v) is 13.0. The van der Waals surface area contributed by atoms with E-state index in [1.54, 1.807) is 6.07 Å². The summed E-state index contributed by atoms with van der Waals surface area (Å²) in [6.07, 6.45) is 4.51. The molecule has 0 spiro atoms. The lowest BCUT2D eigenvalue weighted by Crippen LogP contribution is -2.40. The summed E-state index contributed by atoms with van der Waals surface area (Å²) in [5.41, 5.74) is 6.98. The second kappa shape index (κ2) is 6.82. The molecule has 2 N–H and O–H groups in total. The highest BCUT2D eigenvalue weighted by atomic mass is 79.9. The minimum absolute atomic E-state index is 0.181. The lowest BCUT2D eigenvalue weighted by molar-refractivity contribution is 0.149. The molecule has 0 unspecified atom stereocenters. The van der Waals surface area contributed by atoms with Crippen molar-refractivity contribution >= 4 is 15.9 Å². The Hall–Kier alpha value is -0.450. The van der Waals surface area contributed by atoms with Gasteiger partial charge in [0.25, 0.3) is 0 Å². The van der Waals surface area contributed by atoms with E-state index in [1.165, 1.54) is 6.07 Å². The molecule has 1 aromatic carbocycles. The Morgan fingerprint density at radius 1 is 1.32 bits per heavy atom. The van der Waals surface area contributed by atoms with Crippen LogP contribution in [0.1, 0.15) is 38.2 Å². The van der Waals surface area contributed by atoms with Gasteiger partial charge in [-0.3, -0.25) is 4.90 Å². The number of hydrogen-bond acceptors (Lipinski definition) is 2. The summed E-state index contributed by atoms with van der Waals surface area (Å²) in [5.74, 6) is -0.181. The summed E-state index contributed by atoms with van der Waals surface area (Å²) in [5, 5.41) is 0. The maximum Gasteiger partial charge on any atom is 0.137 e. The maximum atomic E-state index is 13.5. The molecule has 106 valence electrons. The first kappa shape index (κ1) is 14.9. The molecular weight excluding hydrogens is 307 g/mol. The molecule has 1 aromatic rings. The van der Waals surface area contributed by atoms with Gasteiger partial charge in [-0.05, 0) is 59.8 Å². The number of rotatable bonds is 4. The summed E-state index contributed by atoms with van der Waals surface area (Å²) in [6.45, 7) is 3.96. The third-order valence-corrected chi connectivity index (χ3v) is 4.96. The summed E-state index contributed by atoms with van der Waals surface area (Å²) < 4.78 is 14.1. The Labute approximate surface area is 123 Å². The number of hydrogen-bond donors (Lipinski definition) is 1. The van der Waals surface area contributed by atoms with Gasteiger partial charge in [0.05, 0.1) is 4.47 Å². The highest BCUT2D eigenvalue weighted by Gasteiger charge is 2.23. The van der Waals surface area contributed by atoms with Gasteiger partial charge in [-0.25, -0.2) is 4.39 Å². The average molecular weight is 329 g/mol. The molecule has 1 fully saturated rings. The standard InChI is InChI=1S/C15H22BrFN2/c1-2-19(13-8-6-12(18)7-9-13)10-11-4-3-5-14(17)15(11)16/h3-5,12-13H,2,6-10,18H2,1H3. The van der Waals surface area contributed by atoms with Crippen molar-refractivity contribution in [1.82, 2.24) is 4.90 Å². The minimum atomic E-state index is -0.181. The molecule has 0 amide bonds. The van der Waals surface area contributed by atoms with E-state index in [9.17, 15) is 4.39 Å². The Balaban J connectivity index is 2.04. The Morgan fingerprint density at radius 2 is 2.00 bits per heavy atom. The molecule has 2 nitrogen and oxygen atoms in total. The van der Waals surface area contributed by atoms with Crippen molar-refractivity contribution in [1.29, 1.82) is 0 Å². The maximum absolute atomic E-state index is 13.5. The first-order valence-corrected chi connectivity index (χ1v) is 7.83. The summed E-state index contributed by atoms with van der Waals surface area (Å²) >= 11 is 3.35. The first-order chi connectivity index (χ1) is 9.11. The highest BCUT2D eigenvalue weighted by molar-refractivity contribution is 9.10. The zero-order chi connectivity index (χ0) is 13.8. The van der Waals surface area contributed by atoms with Gasteiger partial charge in [0.15, 0.2) is 0 Å². The van der Waals surface area contributed by atoms with Crippen molar-refractivity contribution in [2.24, 2.45) is 5.73 Å². The topological polar surface area (TPSA) is 29.3 Å². The third kappa shape index (κ3) is 3.77. The molecule has 1 aliphatic rings. The summed E-state index contributed by atoms with van der Waals surface area (Å²) in [6, 6.07) is 6.21. The SMILES string of the molecule is CCN(Cc1cccc(F)c1Br)C1CCC(N)CC1. The van der Waals surface area contributed by atoms with E-state index >= 15 is 0 Å². The number of nitrogens with two attached hydrogens (primary N) is 1. The molecule has 4 heteroatoms. The number of nitrogens with zero attached hydrogens (tertiary/aromatic N) is 1. The van der Waals surface area contributed by atoms with Crippen LogP contribution in [0.4, 0.5) is 4.39 Å². The normalized spacial score (nSPS) is 23.8. The summed E-state index contributed by atoms with van der Waals surface area (Å²) in [4.78, 5) is 2.44. The molecule has 0 radical (unpaired) electrons. The molecule has 0 atom stereocenters. The largest absolute Gasteiger partial charge is 0.328 e. The van der Waals surface area contributed by atoms with Gasteiger partial charge in [0.1, 0.15) is 5.82 Å². The van der Waals surface area contributed by atoms with Crippen LogP contribution in [0, 0.1) is 5.82 Å². The van der Waals surface area contributed by atoms with Crippen LogP contribution in [-0.4, -0.2) is 23.5 Å². The molecule has 0 bridgehead atoms. The highest BCUT2D eigenvalue weighted by Crippen LogP contribution is 2.26. The second-order valence-electron chi connectivity index (χ2n) is 5.34. The molecule has 19 heavy (non-hydrogen) atoms. The predicted molar refractivity (Wildman–Crippen MR) is 80.4 cm³/mol. The zero-order valence-electron chi connectivity index (χ0n) is 11.4. The number of benzene rings is 1. The minimum Gasteiger partial charge on any atom is -0.328 e. The lowest BCUT2D eigenvalue weighted by atomic mass is 9.90. The molecule has 0 heterocycles. The van der Waals surface area contributed by atoms with Crippen molar-refractivity contribution in [2.75, 3.05) is 6.54 Å². The van der Waals surface area contributed by atoms with E-state index in [0.29, 0.717) is 16.6 Å². The molecule has 1 aliphatic carbocycles. The van der Waals surface area contributed by atoms with E-state index < -0.39 is 0 Å². The van der Waals surface area contributed by atoms with E-state index in [1.807, 2.05) is 6.07 Å². The lowest BCUT2D eigenvalue weighted by Gasteiger charge is -2.35. The smallest absolute Gasteiger partial charge is 0.137 e. The van der Waals surface area contributed by atoms with Gasteiger partial charge in [0, 0.05) is 18.6 Å². The van der Waals surface area contributed by atoms with Crippen LogP contribution in [0.5, 0.6) is 0 Å². The Kier molecular flexibility index (Phi) is 5.37. The fraction of sp³-hybridized carbons (Fsp3) is 0.600. The molecule has 1 saturated carbocycles. The van der Waals surface area contributed by atoms with Crippen molar-refractivity contribution in [3.05, 3.63) is 34.1 Å². The monoisotopic (exact) mass is 328 g/mol. The fourth-order valence-electron chi connectivity index (χ4n) is 2.86. The van der Waals surface area contributed by atoms with E-state index in [2.05, 4.69) is 27.8 Å². The van der Waals surface area contributed by atoms with Crippen molar-refractivity contribution in [3.8, 4) is 0 Å². The fourth-order valence-corrected chi connectivity index (χ4v) is 3.24. The van der Waals surface area contributed by atoms with Crippen molar-refractivity contribution < 1.29 is 4.39 Å². The van der Waals surface area contributed by atoms with Crippen LogP contribution in [0.25, 0.3) is 0 Å².